The molecule has 140 valence electrons. The van der Waals surface area contributed by atoms with Gasteiger partial charge in [0.2, 0.25) is 17.7 Å². The fourth-order valence-electron chi connectivity index (χ4n) is 5.57. The lowest BCUT2D eigenvalue weighted by molar-refractivity contribution is -0.140. The molecule has 6 rings (SSSR count). The number of allylic oxidation sites excluding steroid dienone is 2. The number of imide groups is 1. The highest BCUT2D eigenvalue weighted by molar-refractivity contribution is 6.07. The average molecular weight is 364 g/mol. The highest BCUT2D eigenvalue weighted by Crippen LogP contribution is 2.65. The molecule has 1 aromatic rings. The first-order valence-electron chi connectivity index (χ1n) is 9.92. The van der Waals surface area contributed by atoms with Crippen LogP contribution in [0.2, 0.25) is 0 Å². The smallest absolute Gasteiger partial charge is 0.235 e. The predicted octanol–water partition coefficient (Wildman–Crippen LogP) is 2.61. The molecule has 4 aliphatic carbocycles. The number of aryl methyl sites for hydroxylation is 1. The van der Waals surface area contributed by atoms with E-state index in [0.29, 0.717) is 11.8 Å². The summed E-state index contributed by atoms with van der Waals surface area (Å²) in [5.74, 6) is 0.810. The van der Waals surface area contributed by atoms with Crippen LogP contribution in [0.1, 0.15) is 25.8 Å². The van der Waals surface area contributed by atoms with Crippen molar-refractivity contribution in [1.29, 1.82) is 0 Å². The minimum absolute atomic E-state index is 0.0141. The van der Waals surface area contributed by atoms with E-state index in [1.807, 2.05) is 24.3 Å². The van der Waals surface area contributed by atoms with Crippen molar-refractivity contribution in [3.05, 3.63) is 42.0 Å². The third-order valence-corrected chi connectivity index (χ3v) is 7.07. The van der Waals surface area contributed by atoms with E-state index in [9.17, 15) is 14.4 Å². The standard InChI is InChI=1S/C22H24N2O3/c1-3-13-4-6-14(7-5-13)23(12(2)25)11-24-21(26)19-15-8-9-16(18-10-17(15)18)20(19)22(24)27/h4-9,15-20H,3,10-11H2,1-2H3/t15-,16-,17-,18-,19+,20+/m0/s1. The van der Waals surface area contributed by atoms with Gasteiger partial charge in [-0.15, -0.1) is 0 Å². The SMILES string of the molecule is CCc1ccc(N(CN2C(=O)[C@@H]3[C@H]4C=C[C@@H]([C@@H]5C[C@@H]45)[C@H]3C2=O)C(C)=O)cc1. The molecule has 5 nitrogen and oxygen atoms in total. The Hall–Kier alpha value is -2.43. The Labute approximate surface area is 159 Å². The van der Waals surface area contributed by atoms with E-state index >= 15 is 0 Å². The van der Waals surface area contributed by atoms with Crippen molar-refractivity contribution >= 4 is 23.4 Å². The van der Waals surface area contributed by atoms with E-state index in [0.717, 1.165) is 18.5 Å². The molecule has 0 spiro atoms. The number of carbonyl (C=O) groups is 3. The van der Waals surface area contributed by atoms with Crippen LogP contribution in [-0.4, -0.2) is 29.3 Å². The lowest BCUT2D eigenvalue weighted by Gasteiger charge is -2.37. The van der Waals surface area contributed by atoms with Crippen LogP contribution in [0.25, 0.3) is 0 Å². The summed E-state index contributed by atoms with van der Waals surface area (Å²) in [5, 5.41) is 0. The summed E-state index contributed by atoms with van der Waals surface area (Å²) in [6, 6.07) is 7.74. The first-order chi connectivity index (χ1) is 13.0. The largest absolute Gasteiger partial charge is 0.294 e. The van der Waals surface area contributed by atoms with Crippen LogP contribution in [0.15, 0.2) is 36.4 Å². The zero-order valence-corrected chi connectivity index (χ0v) is 15.7. The van der Waals surface area contributed by atoms with Crippen molar-refractivity contribution < 1.29 is 14.4 Å². The Bertz CT molecular complexity index is 823. The van der Waals surface area contributed by atoms with E-state index in [1.165, 1.54) is 22.3 Å². The first kappa shape index (κ1) is 16.7. The summed E-state index contributed by atoms with van der Waals surface area (Å²) in [4.78, 5) is 41.4. The summed E-state index contributed by atoms with van der Waals surface area (Å²) in [5.41, 5.74) is 1.91. The predicted molar refractivity (Wildman–Crippen MR) is 100 cm³/mol. The number of nitrogens with zero attached hydrogens (tertiary/aromatic N) is 2. The Morgan fingerprint density at radius 3 is 2.07 bits per heavy atom. The highest BCUT2D eigenvalue weighted by atomic mass is 16.2. The molecule has 3 amide bonds. The number of amides is 3. The maximum Gasteiger partial charge on any atom is 0.235 e. The van der Waals surface area contributed by atoms with Crippen LogP contribution in [0, 0.1) is 35.5 Å². The van der Waals surface area contributed by atoms with Gasteiger partial charge in [-0.2, -0.15) is 0 Å². The Morgan fingerprint density at radius 1 is 1.04 bits per heavy atom. The molecule has 0 aromatic heterocycles. The molecule has 1 saturated heterocycles. The molecule has 1 aliphatic heterocycles. The third kappa shape index (κ3) is 2.33. The first-order valence-corrected chi connectivity index (χ1v) is 9.92. The van der Waals surface area contributed by atoms with Gasteiger partial charge in [0.15, 0.2) is 0 Å². The molecule has 5 heteroatoms. The zero-order chi connectivity index (χ0) is 18.9. The van der Waals surface area contributed by atoms with Gasteiger partial charge in [0.1, 0.15) is 6.67 Å². The second-order valence-electron chi connectivity index (χ2n) is 8.37. The summed E-state index contributed by atoms with van der Waals surface area (Å²) >= 11 is 0. The van der Waals surface area contributed by atoms with E-state index in [-0.39, 0.29) is 48.1 Å². The topological polar surface area (TPSA) is 57.7 Å². The average Bonchev–Trinajstić information content (AvgIpc) is 3.46. The molecule has 2 saturated carbocycles. The van der Waals surface area contributed by atoms with Gasteiger partial charge in [-0.1, -0.05) is 31.2 Å². The minimum Gasteiger partial charge on any atom is -0.294 e. The van der Waals surface area contributed by atoms with Crippen molar-refractivity contribution in [1.82, 2.24) is 4.90 Å². The highest BCUT2D eigenvalue weighted by Gasteiger charge is 2.67. The number of hydrogen-bond acceptors (Lipinski definition) is 3. The second kappa shape index (κ2) is 5.78. The van der Waals surface area contributed by atoms with Crippen LogP contribution in [-0.2, 0) is 20.8 Å². The second-order valence-corrected chi connectivity index (χ2v) is 8.37. The van der Waals surface area contributed by atoms with Gasteiger partial charge in [0, 0.05) is 12.6 Å². The molecule has 5 aliphatic rings. The summed E-state index contributed by atoms with van der Waals surface area (Å²) in [6.07, 6.45) is 6.41. The van der Waals surface area contributed by atoms with Crippen LogP contribution in [0.5, 0.6) is 0 Å². The van der Waals surface area contributed by atoms with Crippen LogP contribution in [0.3, 0.4) is 0 Å². The van der Waals surface area contributed by atoms with Gasteiger partial charge >= 0.3 is 0 Å². The lowest BCUT2D eigenvalue weighted by Crippen LogP contribution is -2.44. The van der Waals surface area contributed by atoms with Crippen molar-refractivity contribution in [2.45, 2.75) is 26.7 Å². The molecule has 6 atom stereocenters. The molecule has 0 radical (unpaired) electrons. The maximum absolute atomic E-state index is 13.1. The van der Waals surface area contributed by atoms with Crippen molar-refractivity contribution in [3.8, 4) is 0 Å². The third-order valence-electron chi connectivity index (χ3n) is 7.07. The Kier molecular flexibility index (Phi) is 3.58. The van der Waals surface area contributed by atoms with Gasteiger partial charge < -0.3 is 0 Å². The van der Waals surface area contributed by atoms with E-state index in [4.69, 9.17) is 0 Å². The molecule has 1 aromatic carbocycles. The molecular formula is C22H24N2O3. The van der Waals surface area contributed by atoms with Crippen molar-refractivity contribution in [3.63, 3.8) is 0 Å². The fraction of sp³-hybridized carbons (Fsp3) is 0.500. The molecule has 1 heterocycles. The quantitative estimate of drug-likeness (QED) is 0.610. The number of hydrogen-bond donors (Lipinski definition) is 0. The van der Waals surface area contributed by atoms with Crippen LogP contribution >= 0.6 is 0 Å². The lowest BCUT2D eigenvalue weighted by atomic mass is 9.63. The Balaban J connectivity index is 1.42. The van der Waals surface area contributed by atoms with Crippen molar-refractivity contribution in [2.24, 2.45) is 35.5 Å². The number of carbonyl (C=O) groups excluding carboxylic acids is 3. The summed E-state index contributed by atoms with van der Waals surface area (Å²) < 4.78 is 0. The zero-order valence-electron chi connectivity index (χ0n) is 15.7. The number of benzene rings is 1. The molecule has 3 fully saturated rings. The molecule has 0 unspecified atom stereocenters. The summed E-state index contributed by atoms with van der Waals surface area (Å²) in [7, 11) is 0. The van der Waals surface area contributed by atoms with Crippen LogP contribution in [0.4, 0.5) is 5.69 Å². The number of rotatable bonds is 4. The van der Waals surface area contributed by atoms with E-state index in [1.54, 1.807) is 0 Å². The van der Waals surface area contributed by atoms with E-state index < -0.39 is 0 Å². The molecule has 27 heavy (non-hydrogen) atoms. The van der Waals surface area contributed by atoms with E-state index in [2.05, 4.69) is 19.1 Å². The molecule has 2 bridgehead atoms. The maximum atomic E-state index is 13.1. The molecule has 0 N–H and O–H groups in total. The van der Waals surface area contributed by atoms with Gasteiger partial charge in [-0.05, 0) is 54.2 Å². The monoisotopic (exact) mass is 364 g/mol. The normalized spacial score (nSPS) is 35.3. The van der Waals surface area contributed by atoms with Crippen molar-refractivity contribution in [2.75, 3.05) is 11.6 Å². The van der Waals surface area contributed by atoms with Gasteiger partial charge in [0.05, 0.1) is 11.8 Å². The Morgan fingerprint density at radius 2 is 1.59 bits per heavy atom. The van der Waals surface area contributed by atoms with Gasteiger partial charge in [0.25, 0.3) is 0 Å². The molecular weight excluding hydrogens is 340 g/mol. The van der Waals surface area contributed by atoms with Crippen LogP contribution < -0.4 is 4.90 Å². The summed E-state index contributed by atoms with van der Waals surface area (Å²) in [6.45, 7) is 3.57. The number of anilines is 1. The number of likely N-dealkylation sites (tertiary alicyclic amines) is 1. The fourth-order valence-corrected chi connectivity index (χ4v) is 5.57. The van der Waals surface area contributed by atoms with Gasteiger partial charge in [-0.25, -0.2) is 0 Å². The minimum atomic E-state index is -0.215. The van der Waals surface area contributed by atoms with Gasteiger partial charge in [-0.3, -0.25) is 24.2 Å².